The summed E-state index contributed by atoms with van der Waals surface area (Å²) in [5.74, 6) is -0.604. The number of halogens is 1. The van der Waals surface area contributed by atoms with E-state index in [0.29, 0.717) is 37.2 Å². The Hall–Kier alpha value is -2.89. The lowest BCUT2D eigenvalue weighted by molar-refractivity contribution is -0.127. The molecule has 0 bridgehead atoms. The quantitative estimate of drug-likeness (QED) is 0.852. The van der Waals surface area contributed by atoms with Crippen molar-refractivity contribution in [2.45, 2.75) is 33.2 Å². The summed E-state index contributed by atoms with van der Waals surface area (Å²) in [5, 5.41) is 5.72. The van der Waals surface area contributed by atoms with Crippen LogP contribution in [-0.2, 0) is 11.2 Å². The number of nitrogens with zero attached hydrogens (tertiary/aromatic N) is 1. The highest BCUT2D eigenvalue weighted by atomic mass is 19.1. The molecule has 0 unspecified atom stereocenters. The molecule has 1 aliphatic rings. The molecule has 0 saturated carbocycles. The smallest absolute Gasteiger partial charge is 0.318 e. The molecule has 1 saturated heterocycles. The van der Waals surface area contributed by atoms with Crippen molar-refractivity contribution >= 4 is 11.9 Å². The zero-order valence-electron chi connectivity index (χ0n) is 16.5. The van der Waals surface area contributed by atoms with Gasteiger partial charge in [-0.25, -0.2) is 9.18 Å². The van der Waals surface area contributed by atoms with Crippen molar-refractivity contribution in [2.75, 3.05) is 19.6 Å². The van der Waals surface area contributed by atoms with Crippen LogP contribution in [0.5, 0.6) is 0 Å². The zero-order chi connectivity index (χ0) is 20.3. The number of hydrogen-bond acceptors (Lipinski definition) is 2. The van der Waals surface area contributed by atoms with E-state index in [2.05, 4.69) is 42.7 Å². The molecule has 5 nitrogen and oxygen atoms in total. The molecule has 3 rings (SSSR count). The summed E-state index contributed by atoms with van der Waals surface area (Å²) in [6, 6.07) is 9.58. The molecule has 28 heavy (non-hydrogen) atoms. The highest BCUT2D eigenvalue weighted by Crippen LogP contribution is 2.26. The van der Waals surface area contributed by atoms with Crippen molar-refractivity contribution in [2.24, 2.45) is 0 Å². The van der Waals surface area contributed by atoms with Crippen LogP contribution in [-0.4, -0.2) is 36.5 Å². The molecule has 0 spiro atoms. The predicted molar refractivity (Wildman–Crippen MR) is 107 cm³/mol. The Bertz CT molecular complexity index is 877. The van der Waals surface area contributed by atoms with Gasteiger partial charge in [0, 0.05) is 19.6 Å². The second-order valence-corrected chi connectivity index (χ2v) is 7.37. The normalized spacial score (nSPS) is 16.6. The van der Waals surface area contributed by atoms with Gasteiger partial charge in [0.05, 0.1) is 0 Å². The number of urea groups is 1. The van der Waals surface area contributed by atoms with Crippen molar-refractivity contribution in [3.8, 4) is 0 Å². The Morgan fingerprint density at radius 1 is 1.18 bits per heavy atom. The van der Waals surface area contributed by atoms with Gasteiger partial charge in [-0.2, -0.15) is 0 Å². The van der Waals surface area contributed by atoms with Crippen LogP contribution in [0.3, 0.4) is 0 Å². The summed E-state index contributed by atoms with van der Waals surface area (Å²) in [6.45, 7) is 7.14. The number of rotatable bonds is 4. The van der Waals surface area contributed by atoms with Gasteiger partial charge in [0.1, 0.15) is 11.9 Å². The van der Waals surface area contributed by atoms with Crippen LogP contribution < -0.4 is 10.6 Å². The van der Waals surface area contributed by atoms with Gasteiger partial charge in [-0.15, -0.1) is 0 Å². The van der Waals surface area contributed by atoms with Crippen LogP contribution >= 0.6 is 0 Å². The first kappa shape index (κ1) is 19.9. The number of carbonyl (C=O) groups excluding carboxylic acids is 2. The van der Waals surface area contributed by atoms with E-state index in [4.69, 9.17) is 0 Å². The average molecular weight is 383 g/mol. The highest BCUT2D eigenvalue weighted by Gasteiger charge is 2.35. The Labute approximate surface area is 164 Å². The largest absolute Gasteiger partial charge is 0.352 e. The van der Waals surface area contributed by atoms with Crippen LogP contribution in [0.2, 0.25) is 0 Å². The number of nitrogens with one attached hydrogen (secondary N) is 2. The number of piperazine rings is 1. The van der Waals surface area contributed by atoms with Gasteiger partial charge < -0.3 is 15.5 Å². The number of aryl methyl sites for hydroxylation is 3. The molecular weight excluding hydrogens is 357 g/mol. The monoisotopic (exact) mass is 383 g/mol. The van der Waals surface area contributed by atoms with Gasteiger partial charge in [0.25, 0.3) is 0 Å². The van der Waals surface area contributed by atoms with Gasteiger partial charge in [0.15, 0.2) is 0 Å². The predicted octanol–water partition coefficient (Wildman–Crippen LogP) is 3.18. The molecule has 0 aliphatic carbocycles. The molecule has 0 aromatic heterocycles. The van der Waals surface area contributed by atoms with Crippen LogP contribution in [0.1, 0.15) is 33.9 Å². The summed E-state index contributed by atoms with van der Waals surface area (Å²) in [4.78, 5) is 26.8. The minimum atomic E-state index is -0.754. The zero-order valence-corrected chi connectivity index (χ0v) is 16.5. The molecule has 6 heteroatoms. The molecule has 2 N–H and O–H groups in total. The van der Waals surface area contributed by atoms with E-state index >= 15 is 0 Å². The van der Waals surface area contributed by atoms with Crippen molar-refractivity contribution < 1.29 is 14.0 Å². The van der Waals surface area contributed by atoms with E-state index in [0.717, 1.165) is 0 Å². The van der Waals surface area contributed by atoms with E-state index in [9.17, 15) is 14.0 Å². The lowest BCUT2D eigenvalue weighted by Crippen LogP contribution is -2.55. The van der Waals surface area contributed by atoms with Crippen LogP contribution in [0, 0.1) is 26.6 Å². The van der Waals surface area contributed by atoms with Gasteiger partial charge >= 0.3 is 6.03 Å². The maximum Gasteiger partial charge on any atom is 0.318 e. The maximum atomic E-state index is 13.5. The third kappa shape index (κ3) is 4.50. The number of hydrogen-bond donors (Lipinski definition) is 2. The van der Waals surface area contributed by atoms with Gasteiger partial charge in [-0.05, 0) is 56.0 Å². The first-order valence-electron chi connectivity index (χ1n) is 9.50. The fourth-order valence-electron chi connectivity index (χ4n) is 3.77. The molecular formula is C22H26FN3O2. The second kappa shape index (κ2) is 8.42. The summed E-state index contributed by atoms with van der Waals surface area (Å²) < 4.78 is 13.5. The van der Waals surface area contributed by atoms with E-state index < -0.39 is 6.04 Å². The third-order valence-electron chi connectivity index (χ3n) is 4.97. The van der Waals surface area contributed by atoms with E-state index in [1.807, 2.05) is 0 Å². The molecule has 3 amide bonds. The van der Waals surface area contributed by atoms with Crippen molar-refractivity contribution in [1.82, 2.24) is 15.5 Å². The molecule has 1 heterocycles. The first-order valence-corrected chi connectivity index (χ1v) is 9.50. The van der Waals surface area contributed by atoms with E-state index in [1.165, 1.54) is 33.7 Å². The van der Waals surface area contributed by atoms with Crippen LogP contribution in [0.25, 0.3) is 0 Å². The molecule has 0 radical (unpaired) electrons. The molecule has 1 atom stereocenters. The fraction of sp³-hybridized carbons (Fsp3) is 0.364. The highest BCUT2D eigenvalue weighted by molar-refractivity contribution is 5.89. The van der Waals surface area contributed by atoms with Crippen molar-refractivity contribution in [3.05, 3.63) is 70.0 Å². The standard InChI is InChI=1S/C22H26FN3O2/c1-14-10-15(2)12-17(11-14)6-7-25-22(28)26-9-8-24-21(27)20(26)19-5-4-18(23)13-16(19)3/h4-5,10-13,20H,6-9H2,1-3H3,(H,24,27)(H,25,28)/t20-/m0/s1. The molecule has 148 valence electrons. The molecule has 2 aromatic carbocycles. The number of carbonyl (C=O) groups is 2. The van der Waals surface area contributed by atoms with E-state index in [-0.39, 0.29) is 17.8 Å². The van der Waals surface area contributed by atoms with Gasteiger partial charge in [-0.1, -0.05) is 35.4 Å². The Balaban J connectivity index is 1.70. The van der Waals surface area contributed by atoms with Gasteiger partial charge in [0.2, 0.25) is 5.91 Å². The average Bonchev–Trinajstić information content (AvgIpc) is 2.61. The number of amides is 3. The summed E-state index contributed by atoms with van der Waals surface area (Å²) in [6.07, 6.45) is 0.717. The van der Waals surface area contributed by atoms with Crippen molar-refractivity contribution in [3.63, 3.8) is 0 Å². The molecule has 1 aliphatic heterocycles. The topological polar surface area (TPSA) is 61.4 Å². The van der Waals surface area contributed by atoms with Crippen molar-refractivity contribution in [1.29, 1.82) is 0 Å². The van der Waals surface area contributed by atoms with Crippen LogP contribution in [0.4, 0.5) is 9.18 Å². The number of benzene rings is 2. The van der Waals surface area contributed by atoms with E-state index in [1.54, 1.807) is 13.0 Å². The Morgan fingerprint density at radius 3 is 2.57 bits per heavy atom. The maximum absolute atomic E-state index is 13.5. The Kier molecular flexibility index (Phi) is 5.97. The third-order valence-corrected chi connectivity index (χ3v) is 4.97. The summed E-state index contributed by atoms with van der Waals surface area (Å²) in [7, 11) is 0. The summed E-state index contributed by atoms with van der Waals surface area (Å²) >= 11 is 0. The van der Waals surface area contributed by atoms with Crippen LogP contribution in [0.15, 0.2) is 36.4 Å². The lowest BCUT2D eigenvalue weighted by Gasteiger charge is -2.36. The fourth-order valence-corrected chi connectivity index (χ4v) is 3.77. The molecule has 1 fully saturated rings. The lowest BCUT2D eigenvalue weighted by atomic mass is 9.98. The minimum Gasteiger partial charge on any atom is -0.352 e. The SMILES string of the molecule is Cc1cc(C)cc(CCNC(=O)N2CCNC(=O)[C@@H]2c2ccc(F)cc2C)c1. The summed E-state index contributed by atoms with van der Waals surface area (Å²) in [5.41, 5.74) is 4.85. The second-order valence-electron chi connectivity index (χ2n) is 7.37. The first-order chi connectivity index (χ1) is 13.3. The Morgan fingerprint density at radius 2 is 1.89 bits per heavy atom. The molecule has 2 aromatic rings. The minimum absolute atomic E-state index is 0.245. The van der Waals surface area contributed by atoms with Gasteiger partial charge in [-0.3, -0.25) is 4.79 Å².